The van der Waals surface area contributed by atoms with E-state index in [0.29, 0.717) is 0 Å². The van der Waals surface area contributed by atoms with Gasteiger partial charge in [0.1, 0.15) is 5.52 Å². The predicted molar refractivity (Wildman–Crippen MR) is 48.0 cm³/mol. The van der Waals surface area contributed by atoms with Crippen LogP contribution in [-0.4, -0.2) is 15.0 Å². The van der Waals surface area contributed by atoms with Crippen molar-refractivity contribution in [2.75, 3.05) is 0 Å². The topological polar surface area (TPSA) is 30.7 Å². The van der Waals surface area contributed by atoms with E-state index < -0.39 is 0 Å². The van der Waals surface area contributed by atoms with Crippen molar-refractivity contribution in [3.05, 3.63) is 23.3 Å². The first kappa shape index (κ1) is 7.28. The largest absolute Gasteiger partial charge is 0.248 e. The first-order chi connectivity index (χ1) is 5.68. The molecule has 0 saturated heterocycles. The zero-order chi connectivity index (χ0) is 8.72. The van der Waals surface area contributed by atoms with Gasteiger partial charge in [0.05, 0.1) is 5.52 Å². The average molecular weight is 161 g/mol. The molecule has 1 aromatic heterocycles. The third-order valence-corrected chi connectivity index (χ3v) is 2.23. The molecule has 1 aromatic carbocycles. The van der Waals surface area contributed by atoms with Crippen molar-refractivity contribution in [3.8, 4) is 0 Å². The number of aromatic nitrogens is 3. The molecule has 0 N–H and O–H groups in total. The smallest absolute Gasteiger partial charge is 0.113 e. The maximum atomic E-state index is 4.03. The van der Waals surface area contributed by atoms with E-state index in [1.807, 2.05) is 7.05 Å². The standard InChI is InChI=1S/C9H11N3/c1-6-4-8-9(5-7(6)2)12(3)11-10-8/h4-5H,1-3H3. The van der Waals surface area contributed by atoms with Crippen molar-refractivity contribution in [2.24, 2.45) is 7.05 Å². The summed E-state index contributed by atoms with van der Waals surface area (Å²) in [5.41, 5.74) is 4.62. The van der Waals surface area contributed by atoms with E-state index in [2.05, 4.69) is 36.3 Å². The molecule has 0 amide bonds. The molecule has 3 heteroatoms. The molecule has 0 atom stereocenters. The van der Waals surface area contributed by atoms with Crippen LogP contribution in [0, 0.1) is 13.8 Å². The van der Waals surface area contributed by atoms with Crippen LogP contribution in [0.3, 0.4) is 0 Å². The van der Waals surface area contributed by atoms with Gasteiger partial charge in [0, 0.05) is 7.05 Å². The Morgan fingerprint density at radius 2 is 1.83 bits per heavy atom. The molecule has 0 unspecified atom stereocenters. The number of benzene rings is 1. The van der Waals surface area contributed by atoms with Crippen LogP contribution in [0.4, 0.5) is 0 Å². The number of hydrogen-bond acceptors (Lipinski definition) is 2. The molecule has 1 heterocycles. The fraction of sp³-hybridized carbons (Fsp3) is 0.333. The van der Waals surface area contributed by atoms with Crippen LogP contribution < -0.4 is 0 Å². The Kier molecular flexibility index (Phi) is 1.40. The van der Waals surface area contributed by atoms with E-state index in [1.165, 1.54) is 11.1 Å². The van der Waals surface area contributed by atoms with E-state index in [0.717, 1.165) is 11.0 Å². The van der Waals surface area contributed by atoms with Gasteiger partial charge in [-0.3, -0.25) is 0 Å². The van der Waals surface area contributed by atoms with Gasteiger partial charge in [-0.1, -0.05) is 5.21 Å². The lowest BCUT2D eigenvalue weighted by Gasteiger charge is -1.98. The molecule has 0 aliphatic heterocycles. The second-order valence-corrected chi connectivity index (χ2v) is 3.14. The molecule has 12 heavy (non-hydrogen) atoms. The molecule has 2 rings (SSSR count). The van der Waals surface area contributed by atoms with Crippen molar-refractivity contribution in [3.63, 3.8) is 0 Å². The minimum Gasteiger partial charge on any atom is -0.248 e. The molecule has 0 fully saturated rings. The molecule has 62 valence electrons. The van der Waals surface area contributed by atoms with E-state index in [9.17, 15) is 0 Å². The molecule has 3 nitrogen and oxygen atoms in total. The van der Waals surface area contributed by atoms with Crippen LogP contribution in [0.25, 0.3) is 11.0 Å². The summed E-state index contributed by atoms with van der Waals surface area (Å²) in [6.45, 7) is 4.19. The second kappa shape index (κ2) is 2.30. The van der Waals surface area contributed by atoms with Gasteiger partial charge in [0.25, 0.3) is 0 Å². The van der Waals surface area contributed by atoms with Gasteiger partial charge in [0.2, 0.25) is 0 Å². The Morgan fingerprint density at radius 3 is 2.58 bits per heavy atom. The summed E-state index contributed by atoms with van der Waals surface area (Å²) in [5.74, 6) is 0. The average Bonchev–Trinajstić information content (AvgIpc) is 2.35. The van der Waals surface area contributed by atoms with E-state index in [4.69, 9.17) is 0 Å². The fourth-order valence-corrected chi connectivity index (χ4v) is 1.29. The Labute approximate surface area is 71.0 Å². The van der Waals surface area contributed by atoms with Crippen LogP contribution >= 0.6 is 0 Å². The maximum Gasteiger partial charge on any atom is 0.113 e. The summed E-state index contributed by atoms with van der Waals surface area (Å²) >= 11 is 0. The lowest BCUT2D eigenvalue weighted by molar-refractivity contribution is 0.736. The van der Waals surface area contributed by atoms with Gasteiger partial charge < -0.3 is 0 Å². The van der Waals surface area contributed by atoms with E-state index >= 15 is 0 Å². The molecule has 0 saturated carbocycles. The number of aryl methyl sites for hydroxylation is 3. The summed E-state index contributed by atoms with van der Waals surface area (Å²) in [6, 6.07) is 4.18. The molecular formula is C9H11N3. The monoisotopic (exact) mass is 161 g/mol. The second-order valence-electron chi connectivity index (χ2n) is 3.14. The predicted octanol–water partition coefficient (Wildman–Crippen LogP) is 1.59. The zero-order valence-corrected chi connectivity index (χ0v) is 7.50. The van der Waals surface area contributed by atoms with Crippen molar-refractivity contribution >= 4 is 11.0 Å². The van der Waals surface area contributed by atoms with Gasteiger partial charge in [-0.15, -0.1) is 5.10 Å². The van der Waals surface area contributed by atoms with Gasteiger partial charge >= 0.3 is 0 Å². The molecule has 2 aromatic rings. The van der Waals surface area contributed by atoms with Crippen LogP contribution in [0.15, 0.2) is 12.1 Å². The van der Waals surface area contributed by atoms with Crippen molar-refractivity contribution in [1.82, 2.24) is 15.0 Å². The summed E-state index contributed by atoms with van der Waals surface area (Å²) < 4.78 is 1.79. The highest BCUT2D eigenvalue weighted by molar-refractivity contribution is 5.76. The molecule has 0 aliphatic rings. The molecule has 0 radical (unpaired) electrons. The maximum absolute atomic E-state index is 4.03. The van der Waals surface area contributed by atoms with Crippen molar-refractivity contribution in [1.29, 1.82) is 0 Å². The summed E-state index contributed by atoms with van der Waals surface area (Å²) in [6.07, 6.45) is 0. The van der Waals surface area contributed by atoms with Crippen LogP contribution in [-0.2, 0) is 7.05 Å². The molecule has 0 aliphatic carbocycles. The lowest BCUT2D eigenvalue weighted by atomic mass is 10.1. The highest BCUT2D eigenvalue weighted by Gasteiger charge is 2.02. The van der Waals surface area contributed by atoms with Gasteiger partial charge in [-0.25, -0.2) is 4.68 Å². The van der Waals surface area contributed by atoms with Crippen LogP contribution in [0.5, 0.6) is 0 Å². The summed E-state index contributed by atoms with van der Waals surface area (Å²) in [7, 11) is 1.91. The van der Waals surface area contributed by atoms with E-state index in [1.54, 1.807) is 4.68 Å². The number of hydrogen-bond donors (Lipinski definition) is 0. The Balaban J connectivity index is 2.87. The quantitative estimate of drug-likeness (QED) is 0.587. The first-order valence-corrected chi connectivity index (χ1v) is 3.95. The van der Waals surface area contributed by atoms with Crippen LogP contribution in [0.1, 0.15) is 11.1 Å². The number of fused-ring (bicyclic) bond motifs is 1. The van der Waals surface area contributed by atoms with Gasteiger partial charge in [0.15, 0.2) is 0 Å². The summed E-state index contributed by atoms with van der Waals surface area (Å²) in [4.78, 5) is 0. The van der Waals surface area contributed by atoms with E-state index in [-0.39, 0.29) is 0 Å². The zero-order valence-electron chi connectivity index (χ0n) is 7.50. The normalized spacial score (nSPS) is 10.9. The molecule has 0 spiro atoms. The van der Waals surface area contributed by atoms with Gasteiger partial charge in [-0.05, 0) is 37.1 Å². The minimum absolute atomic E-state index is 0.973. The SMILES string of the molecule is Cc1cc2nnn(C)c2cc1C. The Morgan fingerprint density at radius 1 is 1.17 bits per heavy atom. The third kappa shape index (κ3) is 0.897. The molecule has 0 bridgehead atoms. The Hall–Kier alpha value is -1.38. The van der Waals surface area contributed by atoms with Crippen molar-refractivity contribution < 1.29 is 0 Å². The van der Waals surface area contributed by atoms with Crippen molar-refractivity contribution in [2.45, 2.75) is 13.8 Å². The number of nitrogens with zero attached hydrogens (tertiary/aromatic N) is 3. The fourth-order valence-electron chi connectivity index (χ4n) is 1.29. The van der Waals surface area contributed by atoms with Gasteiger partial charge in [-0.2, -0.15) is 0 Å². The third-order valence-electron chi connectivity index (χ3n) is 2.23. The molecular weight excluding hydrogens is 150 g/mol. The first-order valence-electron chi connectivity index (χ1n) is 3.95. The highest BCUT2D eigenvalue weighted by atomic mass is 15.4. The van der Waals surface area contributed by atoms with Crippen LogP contribution in [0.2, 0.25) is 0 Å². The Bertz CT molecular complexity index is 429. The summed E-state index contributed by atoms with van der Waals surface area (Å²) in [5, 5.41) is 7.98. The lowest BCUT2D eigenvalue weighted by Crippen LogP contribution is -1.90. The highest BCUT2D eigenvalue weighted by Crippen LogP contribution is 2.15. The number of rotatable bonds is 0. The minimum atomic E-state index is 0.973.